The Morgan fingerprint density at radius 1 is 1.18 bits per heavy atom. The van der Waals surface area contributed by atoms with E-state index in [2.05, 4.69) is 4.74 Å². The summed E-state index contributed by atoms with van der Waals surface area (Å²) in [4.78, 5) is 0. The summed E-state index contributed by atoms with van der Waals surface area (Å²) in [6, 6.07) is 0. The van der Waals surface area contributed by atoms with Gasteiger partial charge >= 0.3 is 0 Å². The Balaban J connectivity index is 3.04. The molecule has 1 aliphatic rings. The Kier molecular flexibility index (Phi) is 1.89. The molecular weight excluding hydrogens is 164 g/mol. The number of hydrogen-bond acceptors (Lipinski definition) is 1. The molecule has 5 heteroatoms. The van der Waals surface area contributed by atoms with Crippen LogP contribution in [0.2, 0.25) is 0 Å². The van der Waals surface area contributed by atoms with Crippen LogP contribution in [0.1, 0.15) is 0 Å². The molecule has 1 atom stereocenters. The standard InChI is InChI=1S/C6H4F4O/c1-11-6-4(9)2(7)3(8)5(6)10/h4H,1H3. The number of methoxy groups -OCH3 is 1. The molecule has 11 heavy (non-hydrogen) atoms. The number of hydrogen-bond donors (Lipinski definition) is 0. The average Bonchev–Trinajstić information content (AvgIpc) is 2.17. The molecule has 0 aromatic carbocycles. The van der Waals surface area contributed by atoms with E-state index in [-0.39, 0.29) is 0 Å². The van der Waals surface area contributed by atoms with Crippen molar-refractivity contribution in [2.75, 3.05) is 7.11 Å². The first-order valence-electron chi connectivity index (χ1n) is 2.72. The van der Waals surface area contributed by atoms with Crippen LogP contribution in [-0.2, 0) is 4.74 Å². The fourth-order valence-corrected chi connectivity index (χ4v) is 0.744. The molecule has 0 saturated heterocycles. The van der Waals surface area contributed by atoms with E-state index in [4.69, 9.17) is 0 Å². The van der Waals surface area contributed by atoms with Crippen molar-refractivity contribution in [2.24, 2.45) is 0 Å². The van der Waals surface area contributed by atoms with Crippen LogP contribution in [0.4, 0.5) is 17.6 Å². The average molecular weight is 168 g/mol. The van der Waals surface area contributed by atoms with Gasteiger partial charge in [0.05, 0.1) is 7.11 Å². The summed E-state index contributed by atoms with van der Waals surface area (Å²) in [7, 11) is 0.938. The van der Waals surface area contributed by atoms with E-state index in [0.29, 0.717) is 0 Å². The Morgan fingerprint density at radius 2 is 1.73 bits per heavy atom. The SMILES string of the molecule is COC1=C(F)C(F)=C(F)C1F. The summed E-state index contributed by atoms with van der Waals surface area (Å²) in [5.74, 6) is -6.12. The minimum Gasteiger partial charge on any atom is -0.494 e. The van der Waals surface area contributed by atoms with Crippen LogP contribution in [-0.4, -0.2) is 13.3 Å². The number of halogens is 4. The summed E-state index contributed by atoms with van der Waals surface area (Å²) in [5.41, 5.74) is 0. The van der Waals surface area contributed by atoms with Gasteiger partial charge in [-0.1, -0.05) is 0 Å². The van der Waals surface area contributed by atoms with Crippen LogP contribution in [0, 0.1) is 0 Å². The van der Waals surface area contributed by atoms with Crippen molar-refractivity contribution >= 4 is 0 Å². The molecule has 0 amide bonds. The lowest BCUT2D eigenvalue weighted by atomic mass is 10.4. The van der Waals surface area contributed by atoms with Gasteiger partial charge in [-0.25, -0.2) is 13.2 Å². The molecule has 1 nitrogen and oxygen atoms in total. The van der Waals surface area contributed by atoms with Gasteiger partial charge in [-0.05, 0) is 0 Å². The third-order valence-corrected chi connectivity index (χ3v) is 1.29. The van der Waals surface area contributed by atoms with Crippen LogP contribution < -0.4 is 0 Å². The number of allylic oxidation sites excluding steroid dienone is 3. The van der Waals surface area contributed by atoms with E-state index in [0.717, 1.165) is 7.11 Å². The van der Waals surface area contributed by atoms with Crippen LogP contribution in [0.3, 0.4) is 0 Å². The molecule has 0 aromatic heterocycles. The van der Waals surface area contributed by atoms with Gasteiger partial charge in [0.1, 0.15) is 0 Å². The first-order chi connectivity index (χ1) is 5.09. The second-order valence-electron chi connectivity index (χ2n) is 1.91. The molecule has 62 valence electrons. The van der Waals surface area contributed by atoms with E-state index < -0.39 is 29.4 Å². The lowest BCUT2D eigenvalue weighted by Gasteiger charge is -2.02. The predicted molar refractivity (Wildman–Crippen MR) is 29.3 cm³/mol. The summed E-state index contributed by atoms with van der Waals surface area (Å²) >= 11 is 0. The molecule has 0 aliphatic heterocycles. The monoisotopic (exact) mass is 168 g/mol. The van der Waals surface area contributed by atoms with Gasteiger partial charge in [-0.2, -0.15) is 4.39 Å². The van der Waals surface area contributed by atoms with E-state index in [9.17, 15) is 17.6 Å². The predicted octanol–water partition coefficient (Wildman–Crippen LogP) is 2.32. The highest BCUT2D eigenvalue weighted by molar-refractivity contribution is 5.38. The molecule has 0 N–H and O–H groups in total. The molecule has 0 heterocycles. The second kappa shape index (κ2) is 2.56. The first-order valence-corrected chi connectivity index (χ1v) is 2.72. The maximum atomic E-state index is 12.4. The number of ether oxygens (including phenoxy) is 1. The molecule has 1 rings (SSSR count). The number of alkyl halides is 1. The molecule has 1 unspecified atom stereocenters. The smallest absolute Gasteiger partial charge is 0.214 e. The molecule has 0 bridgehead atoms. The third-order valence-electron chi connectivity index (χ3n) is 1.29. The van der Waals surface area contributed by atoms with Gasteiger partial charge in [0.15, 0.2) is 17.4 Å². The van der Waals surface area contributed by atoms with E-state index in [1.807, 2.05) is 0 Å². The zero-order valence-corrected chi connectivity index (χ0v) is 5.50. The lowest BCUT2D eigenvalue weighted by Crippen LogP contribution is -2.02. The summed E-state index contributed by atoms with van der Waals surface area (Å²) < 4.78 is 53.1. The molecule has 0 fully saturated rings. The molecule has 0 aromatic rings. The first kappa shape index (κ1) is 8.10. The fourth-order valence-electron chi connectivity index (χ4n) is 0.744. The van der Waals surface area contributed by atoms with E-state index >= 15 is 0 Å². The van der Waals surface area contributed by atoms with E-state index in [1.165, 1.54) is 0 Å². The quantitative estimate of drug-likeness (QED) is 0.546. The molecule has 0 radical (unpaired) electrons. The van der Waals surface area contributed by atoms with Crippen molar-refractivity contribution in [3.8, 4) is 0 Å². The molecule has 1 aliphatic carbocycles. The maximum absolute atomic E-state index is 12.4. The lowest BCUT2D eigenvalue weighted by molar-refractivity contribution is 0.205. The normalized spacial score (nSPS) is 25.0. The van der Waals surface area contributed by atoms with Crippen molar-refractivity contribution in [3.05, 3.63) is 23.2 Å². The zero-order chi connectivity index (χ0) is 8.59. The van der Waals surface area contributed by atoms with Crippen molar-refractivity contribution in [3.63, 3.8) is 0 Å². The zero-order valence-electron chi connectivity index (χ0n) is 5.50. The Bertz CT molecular complexity index is 243. The maximum Gasteiger partial charge on any atom is 0.214 e. The van der Waals surface area contributed by atoms with Crippen LogP contribution in [0.15, 0.2) is 23.2 Å². The van der Waals surface area contributed by atoms with Crippen LogP contribution in [0.5, 0.6) is 0 Å². The van der Waals surface area contributed by atoms with Crippen molar-refractivity contribution in [1.82, 2.24) is 0 Å². The van der Waals surface area contributed by atoms with Crippen molar-refractivity contribution in [2.45, 2.75) is 6.17 Å². The van der Waals surface area contributed by atoms with Gasteiger partial charge in [-0.3, -0.25) is 0 Å². The minimum absolute atomic E-state index is 0.938. The molecule has 0 spiro atoms. The summed E-state index contributed by atoms with van der Waals surface area (Å²) in [6.07, 6.45) is -2.43. The van der Waals surface area contributed by atoms with Crippen molar-refractivity contribution < 1.29 is 22.3 Å². The van der Waals surface area contributed by atoms with Crippen LogP contribution in [0.25, 0.3) is 0 Å². The highest BCUT2D eigenvalue weighted by Gasteiger charge is 2.37. The van der Waals surface area contributed by atoms with Crippen LogP contribution >= 0.6 is 0 Å². The molecular formula is C6H4F4O. The van der Waals surface area contributed by atoms with Gasteiger partial charge in [0.25, 0.3) is 0 Å². The topological polar surface area (TPSA) is 9.23 Å². The largest absolute Gasteiger partial charge is 0.494 e. The Labute approximate surface area is 60.0 Å². The highest BCUT2D eigenvalue weighted by Crippen LogP contribution is 2.37. The van der Waals surface area contributed by atoms with Crippen molar-refractivity contribution in [1.29, 1.82) is 0 Å². The fraction of sp³-hybridized carbons (Fsp3) is 0.333. The van der Waals surface area contributed by atoms with Gasteiger partial charge in [0, 0.05) is 0 Å². The van der Waals surface area contributed by atoms with E-state index in [1.54, 1.807) is 0 Å². The second-order valence-corrected chi connectivity index (χ2v) is 1.91. The summed E-state index contributed by atoms with van der Waals surface area (Å²) in [5, 5.41) is 0. The Morgan fingerprint density at radius 3 is 1.91 bits per heavy atom. The molecule has 0 saturated carbocycles. The summed E-state index contributed by atoms with van der Waals surface area (Å²) in [6.45, 7) is 0. The Hall–Kier alpha value is -1.00. The third kappa shape index (κ3) is 1.00. The highest BCUT2D eigenvalue weighted by atomic mass is 19.2. The minimum atomic E-state index is -2.43. The van der Waals surface area contributed by atoms with Gasteiger partial charge in [-0.15, -0.1) is 0 Å². The van der Waals surface area contributed by atoms with Gasteiger partial charge < -0.3 is 4.74 Å². The van der Waals surface area contributed by atoms with Gasteiger partial charge in [0.2, 0.25) is 12.0 Å². The number of rotatable bonds is 1.